The van der Waals surface area contributed by atoms with Crippen molar-refractivity contribution in [3.05, 3.63) is 136 Å². The molecule has 2 fully saturated rings. The minimum absolute atomic E-state index is 0.0380. The lowest BCUT2D eigenvalue weighted by Crippen LogP contribution is -2.65. The van der Waals surface area contributed by atoms with Crippen LogP contribution < -0.4 is 20.5 Å². The first-order valence-corrected chi connectivity index (χ1v) is 16.3. The molecular weight excluding hydrogens is 641 g/mol. The van der Waals surface area contributed by atoms with E-state index in [9.17, 15) is 24.4 Å². The molecule has 3 aliphatic carbocycles. The van der Waals surface area contributed by atoms with E-state index in [2.05, 4.69) is 16.0 Å². The molecule has 4 aromatic carbocycles. The minimum atomic E-state index is -1.04. The number of hydrazone groups is 1. The van der Waals surface area contributed by atoms with Gasteiger partial charge in [0, 0.05) is 17.5 Å². The van der Waals surface area contributed by atoms with E-state index >= 15 is 0 Å². The first-order valence-electron chi connectivity index (χ1n) is 15.5. The number of thioether (sulfide) groups is 1. The number of nitriles is 1. The lowest BCUT2D eigenvalue weighted by molar-refractivity contribution is -0.165. The Morgan fingerprint density at radius 3 is 1.98 bits per heavy atom. The first-order chi connectivity index (χ1) is 23.9. The molecule has 2 saturated heterocycles. The summed E-state index contributed by atoms with van der Waals surface area (Å²) < 4.78 is 5.20. The Balaban J connectivity index is 1.18. The third-order valence-corrected chi connectivity index (χ3v) is 10.3. The Hall–Kier alpha value is -6.19. The van der Waals surface area contributed by atoms with Crippen molar-refractivity contribution in [1.29, 1.82) is 5.26 Å². The van der Waals surface area contributed by atoms with Gasteiger partial charge in [-0.2, -0.15) is 15.4 Å². The summed E-state index contributed by atoms with van der Waals surface area (Å²) in [7, 11) is 1.55. The van der Waals surface area contributed by atoms with Crippen LogP contribution in [0, 0.1) is 23.2 Å². The molecule has 2 N–H and O–H groups in total. The van der Waals surface area contributed by atoms with E-state index < -0.39 is 46.2 Å². The summed E-state index contributed by atoms with van der Waals surface area (Å²) in [6.07, 6.45) is 0. The van der Waals surface area contributed by atoms with Crippen molar-refractivity contribution in [3.8, 4) is 11.8 Å². The molecule has 5 aliphatic rings. The monoisotopic (exact) mass is 666 g/mol. The lowest BCUT2D eigenvalue weighted by atomic mass is 9.53. The highest BCUT2D eigenvalue weighted by Gasteiger charge is 2.59. The van der Waals surface area contributed by atoms with Gasteiger partial charge in [-0.05, 0) is 70.4 Å². The van der Waals surface area contributed by atoms with Crippen molar-refractivity contribution in [3.63, 3.8) is 0 Å². The SMILES string of the molecule is COc1ccc(N/N=C2/C(=O)S/C(=C(\C#N)C(=O)N3NC(=O)C4C5c6ccccc6C(c6ccccc65)C4C3=O)N2c2ccccc2)cc1. The molecule has 4 aromatic rings. The van der Waals surface area contributed by atoms with E-state index in [0.717, 1.165) is 22.3 Å². The minimum Gasteiger partial charge on any atom is -0.497 e. The molecule has 0 saturated carbocycles. The van der Waals surface area contributed by atoms with E-state index in [1.807, 2.05) is 54.6 Å². The number of amidine groups is 1. The zero-order valence-electron chi connectivity index (χ0n) is 25.9. The zero-order valence-corrected chi connectivity index (χ0v) is 26.7. The second kappa shape index (κ2) is 11.8. The number of hydrogen-bond acceptors (Lipinski definition) is 9. The van der Waals surface area contributed by atoms with Gasteiger partial charge in [0.15, 0.2) is 5.57 Å². The summed E-state index contributed by atoms with van der Waals surface area (Å²) in [6, 6.07) is 33.0. The fourth-order valence-corrected chi connectivity index (χ4v) is 8.27. The van der Waals surface area contributed by atoms with Crippen LogP contribution in [0.25, 0.3) is 0 Å². The Labute approximate surface area is 284 Å². The molecule has 0 aromatic heterocycles. The number of carbonyl (C=O) groups is 4. The summed E-state index contributed by atoms with van der Waals surface area (Å²) in [5.41, 5.74) is 9.78. The van der Waals surface area contributed by atoms with Crippen LogP contribution in [0.2, 0.25) is 0 Å². The van der Waals surface area contributed by atoms with Crippen LogP contribution in [-0.2, 0) is 19.2 Å². The summed E-state index contributed by atoms with van der Waals surface area (Å²) in [6.45, 7) is 0. The number of ether oxygens (including phenoxy) is 1. The molecule has 0 radical (unpaired) electrons. The Bertz CT molecular complexity index is 2130. The number of imide groups is 1. The van der Waals surface area contributed by atoms with E-state index in [1.54, 1.807) is 61.7 Å². The standard InChI is InChI=1S/C37H26N6O5S/c1-48-22-17-15-20(16-18-22)39-40-32-37(47)49-36(42(32)21-9-3-2-4-10-21)27(19-38)34(45)43-35(46)31-29-25-13-7-5-11-23(25)28(30(31)33(44)41-43)24-12-6-8-14-26(24)29/h2-18,28-31,39H,1H3,(H,41,44)/b36-27+,40-32-. The average molecular weight is 667 g/mol. The predicted octanol–water partition coefficient (Wildman–Crippen LogP) is 4.86. The molecule has 2 heterocycles. The Morgan fingerprint density at radius 2 is 1.41 bits per heavy atom. The number of rotatable bonds is 5. The second-order valence-corrected chi connectivity index (χ2v) is 12.8. The summed E-state index contributed by atoms with van der Waals surface area (Å²) in [5.74, 6) is -4.03. The third kappa shape index (κ3) is 4.69. The van der Waals surface area contributed by atoms with Gasteiger partial charge >= 0.3 is 0 Å². The first kappa shape index (κ1) is 30.2. The van der Waals surface area contributed by atoms with Crippen molar-refractivity contribution >= 4 is 51.8 Å². The maximum Gasteiger partial charge on any atom is 0.292 e. The Morgan fingerprint density at radius 1 is 0.837 bits per heavy atom. The summed E-state index contributed by atoms with van der Waals surface area (Å²) in [5, 5.41) is 14.9. The maximum atomic E-state index is 14.4. The number of methoxy groups -OCH3 is 1. The number of benzene rings is 4. The average Bonchev–Trinajstić information content (AvgIpc) is 3.47. The molecule has 240 valence electrons. The van der Waals surface area contributed by atoms with Crippen molar-refractivity contribution < 1.29 is 23.9 Å². The largest absolute Gasteiger partial charge is 0.497 e. The van der Waals surface area contributed by atoms with Gasteiger partial charge in [-0.25, -0.2) is 0 Å². The molecule has 2 atom stereocenters. The molecule has 2 unspecified atom stereocenters. The van der Waals surface area contributed by atoms with Crippen LogP contribution in [0.1, 0.15) is 34.1 Å². The molecule has 9 rings (SSSR count). The number of anilines is 2. The van der Waals surface area contributed by atoms with E-state index in [0.29, 0.717) is 33.9 Å². The number of nitrogens with zero attached hydrogens (tertiary/aromatic N) is 4. The zero-order chi connectivity index (χ0) is 33.8. The Kier molecular flexibility index (Phi) is 7.27. The summed E-state index contributed by atoms with van der Waals surface area (Å²) >= 11 is 0.643. The van der Waals surface area contributed by atoms with Gasteiger partial charge in [0.05, 0.1) is 24.6 Å². The fraction of sp³-hybridized carbons (Fsp3) is 0.135. The number of hydrazine groups is 1. The normalized spacial score (nSPS) is 23.7. The topological polar surface area (TPSA) is 144 Å². The molecule has 2 aliphatic heterocycles. The lowest BCUT2D eigenvalue weighted by Gasteiger charge is -2.52. The van der Waals surface area contributed by atoms with Gasteiger partial charge in [0.25, 0.3) is 16.9 Å². The molecule has 3 amide bonds. The van der Waals surface area contributed by atoms with Crippen LogP contribution in [0.5, 0.6) is 5.75 Å². The van der Waals surface area contributed by atoms with Gasteiger partial charge in [-0.3, -0.25) is 34.9 Å². The number of para-hydroxylation sites is 1. The highest BCUT2D eigenvalue weighted by Crippen LogP contribution is 2.59. The van der Waals surface area contributed by atoms with Crippen LogP contribution in [0.15, 0.2) is 119 Å². The van der Waals surface area contributed by atoms with Crippen molar-refractivity contribution in [2.24, 2.45) is 16.9 Å². The van der Waals surface area contributed by atoms with Crippen molar-refractivity contribution in [1.82, 2.24) is 10.4 Å². The molecular formula is C37H26N6O5S. The van der Waals surface area contributed by atoms with Gasteiger partial charge < -0.3 is 4.74 Å². The quantitative estimate of drug-likeness (QED) is 0.173. The van der Waals surface area contributed by atoms with Gasteiger partial charge in [-0.15, -0.1) is 0 Å². The van der Waals surface area contributed by atoms with Crippen molar-refractivity contribution in [2.45, 2.75) is 11.8 Å². The van der Waals surface area contributed by atoms with Gasteiger partial charge in [-0.1, -0.05) is 66.7 Å². The fourth-order valence-electron chi connectivity index (χ4n) is 7.35. The smallest absolute Gasteiger partial charge is 0.292 e. The number of hydrogen-bond donors (Lipinski definition) is 2. The molecule has 49 heavy (non-hydrogen) atoms. The van der Waals surface area contributed by atoms with Crippen LogP contribution in [-0.4, -0.2) is 40.8 Å². The van der Waals surface area contributed by atoms with E-state index in [4.69, 9.17) is 4.74 Å². The third-order valence-electron chi connectivity index (χ3n) is 9.39. The van der Waals surface area contributed by atoms with E-state index in [-0.39, 0.29) is 16.8 Å². The molecule has 0 spiro atoms. The maximum absolute atomic E-state index is 14.4. The van der Waals surface area contributed by atoms with E-state index in [1.165, 1.54) is 4.90 Å². The van der Waals surface area contributed by atoms with Crippen LogP contribution >= 0.6 is 11.8 Å². The van der Waals surface area contributed by atoms with Gasteiger partial charge in [0.1, 0.15) is 16.8 Å². The molecule has 2 bridgehead atoms. The highest BCUT2D eigenvalue weighted by atomic mass is 32.2. The van der Waals surface area contributed by atoms with Gasteiger partial charge in [0.2, 0.25) is 11.7 Å². The van der Waals surface area contributed by atoms with Crippen molar-refractivity contribution in [2.75, 3.05) is 17.4 Å². The van der Waals surface area contributed by atoms with Crippen LogP contribution in [0.3, 0.4) is 0 Å². The van der Waals surface area contributed by atoms with Crippen LogP contribution in [0.4, 0.5) is 11.4 Å². The molecule has 12 heteroatoms. The molecule has 11 nitrogen and oxygen atoms in total. The summed E-state index contributed by atoms with van der Waals surface area (Å²) in [4.78, 5) is 57.4. The second-order valence-electron chi connectivity index (χ2n) is 11.8. The number of carbonyl (C=O) groups excluding carboxylic acids is 4. The number of amides is 3. The predicted molar refractivity (Wildman–Crippen MR) is 182 cm³/mol. The highest BCUT2D eigenvalue weighted by molar-refractivity contribution is 8.19. The number of nitrogens with one attached hydrogen (secondary N) is 2.